The fourth-order valence-corrected chi connectivity index (χ4v) is 10.5. The molecule has 0 aliphatic rings. The molecule has 0 aliphatic heterocycles. The number of esters is 2. The number of carbonyl (C=O) groups is 2. The first kappa shape index (κ1) is 50.1. The lowest BCUT2D eigenvalue weighted by Crippen LogP contribution is -2.58. The minimum atomic E-state index is -3.81. The molecule has 0 bridgehead atoms. The largest absolute Gasteiger partial charge is 0.426 e. The summed E-state index contributed by atoms with van der Waals surface area (Å²) >= 11 is 0. The van der Waals surface area contributed by atoms with Gasteiger partial charge in [0.2, 0.25) is 6.79 Å². The Morgan fingerprint density at radius 1 is 0.490 bits per heavy atom. The molecule has 0 aromatic rings. The fraction of sp³-hybridized carbons (Fsp3) is 0.943. The highest BCUT2D eigenvalue weighted by atomic mass is 31.2. The lowest BCUT2D eigenvalue weighted by atomic mass is 9.94. The van der Waals surface area contributed by atoms with Gasteiger partial charge in [0.05, 0.1) is 26.4 Å². The third-order valence-corrected chi connectivity index (χ3v) is 12.8. The van der Waals surface area contributed by atoms with E-state index in [1.165, 1.54) is 37.8 Å². The molecule has 14 nitrogen and oxygen atoms in total. The van der Waals surface area contributed by atoms with Gasteiger partial charge in [0, 0.05) is 11.1 Å². The zero-order valence-corrected chi connectivity index (χ0v) is 37.2. The van der Waals surface area contributed by atoms with E-state index >= 15 is 0 Å². The van der Waals surface area contributed by atoms with E-state index in [2.05, 4.69) is 0 Å². The summed E-state index contributed by atoms with van der Waals surface area (Å²) in [4.78, 5) is 39.6. The zero-order valence-electron chi connectivity index (χ0n) is 35.4. The Morgan fingerprint density at radius 2 is 0.725 bits per heavy atom. The highest BCUT2D eigenvalue weighted by Gasteiger charge is 2.55. The number of hydrogen-bond donors (Lipinski definition) is 0. The molecule has 0 rings (SSSR count). The van der Waals surface area contributed by atoms with Crippen LogP contribution in [0.4, 0.5) is 0 Å². The molecule has 16 heteroatoms. The van der Waals surface area contributed by atoms with Crippen molar-refractivity contribution in [3.8, 4) is 0 Å². The second kappa shape index (κ2) is 18.6. The van der Waals surface area contributed by atoms with Gasteiger partial charge in [-0.15, -0.1) is 0 Å². The van der Waals surface area contributed by atoms with Crippen molar-refractivity contribution in [3.05, 3.63) is 0 Å². The van der Waals surface area contributed by atoms with Gasteiger partial charge in [-0.2, -0.15) is 10.1 Å². The summed E-state index contributed by atoms with van der Waals surface area (Å²) in [5.41, 5.74) is -6.24. The molecule has 0 fully saturated rings. The van der Waals surface area contributed by atoms with E-state index in [-0.39, 0.29) is 26.4 Å². The molecule has 2 unspecified atom stereocenters. The summed E-state index contributed by atoms with van der Waals surface area (Å²) in [5.74, 6) is -3.54. The number of nitrogens with zero attached hydrogens (tertiary/aromatic N) is 2. The molecule has 0 radical (unpaired) electrons. The first-order valence-corrected chi connectivity index (χ1v) is 21.0. The van der Waals surface area contributed by atoms with Gasteiger partial charge in [0.25, 0.3) is 0 Å². The van der Waals surface area contributed by atoms with E-state index in [0.29, 0.717) is 0 Å². The van der Waals surface area contributed by atoms with E-state index in [1.807, 2.05) is 83.1 Å². The Kier molecular flexibility index (Phi) is 18.3. The van der Waals surface area contributed by atoms with Gasteiger partial charge in [-0.25, -0.2) is 9.59 Å². The van der Waals surface area contributed by atoms with Gasteiger partial charge in [-0.1, -0.05) is 41.5 Å². The van der Waals surface area contributed by atoms with Crippen molar-refractivity contribution < 1.29 is 56.0 Å². The second-order valence-electron chi connectivity index (χ2n) is 17.4. The number of carbonyl (C=O) groups excluding carboxylic acids is 2. The number of hydrogen-bond acceptors (Lipinski definition) is 14. The van der Waals surface area contributed by atoms with Crippen molar-refractivity contribution in [3.63, 3.8) is 0 Å². The van der Waals surface area contributed by atoms with Crippen molar-refractivity contribution in [1.82, 2.24) is 10.1 Å². The van der Waals surface area contributed by atoms with Gasteiger partial charge in [-0.3, -0.25) is 18.8 Å². The molecule has 0 aliphatic carbocycles. The first-order valence-electron chi connectivity index (χ1n) is 17.8. The average molecular weight is 775 g/mol. The fourth-order valence-electron chi connectivity index (χ4n) is 5.14. The summed E-state index contributed by atoms with van der Waals surface area (Å²) in [6.45, 7) is 35.1. The SMILES string of the molecule is CCOP(=O)(OCC)C(N(OC(C)(C)C(=O)OCOC(=O)C(C)(C)ON(C(C(C)(C)C)P(=O)(OCC)OCC)C(C)(C)C)C(C)(C)C)C(C)(C)C. The molecular formula is C35H72N2O12P2. The smallest absolute Gasteiger partial charge is 0.350 e. The number of rotatable bonds is 20. The Morgan fingerprint density at radius 3 is 0.902 bits per heavy atom. The molecule has 0 amide bonds. The van der Waals surface area contributed by atoms with E-state index in [1.54, 1.807) is 27.7 Å². The van der Waals surface area contributed by atoms with E-state index in [4.69, 9.17) is 37.2 Å². The summed E-state index contributed by atoms with van der Waals surface area (Å²) in [7, 11) is -7.61. The zero-order chi connectivity index (χ0) is 40.7. The third-order valence-electron chi connectivity index (χ3n) is 7.17. The topological polar surface area (TPSA) is 149 Å². The van der Waals surface area contributed by atoms with Crippen molar-refractivity contribution in [1.29, 1.82) is 0 Å². The van der Waals surface area contributed by atoms with Gasteiger partial charge in [-0.05, 0) is 108 Å². The van der Waals surface area contributed by atoms with Crippen molar-refractivity contribution in [2.24, 2.45) is 10.8 Å². The monoisotopic (exact) mass is 774 g/mol. The summed E-state index contributed by atoms with van der Waals surface area (Å²) in [6.07, 6.45) is 0. The second-order valence-corrected chi connectivity index (χ2v) is 21.6. The number of hydroxylamine groups is 4. The summed E-state index contributed by atoms with van der Waals surface area (Å²) in [6, 6.07) is 0. The lowest BCUT2D eigenvalue weighted by molar-refractivity contribution is -0.298. The minimum absolute atomic E-state index is 0.140. The molecule has 0 aromatic carbocycles. The molecule has 304 valence electrons. The van der Waals surface area contributed by atoms with E-state index < -0.39 is 78.6 Å². The Bertz CT molecular complexity index is 1100. The van der Waals surface area contributed by atoms with E-state index in [0.717, 1.165) is 0 Å². The van der Waals surface area contributed by atoms with Gasteiger partial charge < -0.3 is 27.6 Å². The van der Waals surface area contributed by atoms with Crippen molar-refractivity contribution in [2.45, 2.75) is 172 Å². The molecule has 2 atom stereocenters. The van der Waals surface area contributed by atoms with Crippen molar-refractivity contribution in [2.75, 3.05) is 33.2 Å². The number of ether oxygens (including phenoxy) is 2. The van der Waals surface area contributed by atoms with Crippen LogP contribution in [-0.2, 0) is 56.0 Å². The Labute approximate surface area is 309 Å². The maximum atomic E-state index is 14.2. The van der Waals surface area contributed by atoms with Crippen LogP contribution >= 0.6 is 15.2 Å². The van der Waals surface area contributed by atoms with Crippen LogP contribution in [-0.4, -0.2) is 89.1 Å². The first-order chi connectivity index (χ1) is 22.7. The third kappa shape index (κ3) is 14.3. The lowest BCUT2D eigenvalue weighted by Gasteiger charge is -2.49. The molecule has 0 N–H and O–H groups in total. The van der Waals surface area contributed by atoms with Gasteiger partial charge in [0.15, 0.2) is 11.2 Å². The Balaban J connectivity index is 6.30. The molecule has 0 heterocycles. The molecular weight excluding hydrogens is 702 g/mol. The minimum Gasteiger partial charge on any atom is -0.426 e. The predicted molar refractivity (Wildman–Crippen MR) is 199 cm³/mol. The Hall–Kier alpha value is -0.920. The maximum Gasteiger partial charge on any atom is 0.350 e. The predicted octanol–water partition coefficient (Wildman–Crippen LogP) is 8.93. The van der Waals surface area contributed by atoms with Gasteiger partial charge >= 0.3 is 27.1 Å². The van der Waals surface area contributed by atoms with Crippen LogP contribution in [0, 0.1) is 10.8 Å². The average Bonchev–Trinajstić information content (AvgIpc) is 2.89. The molecule has 51 heavy (non-hydrogen) atoms. The highest BCUT2D eigenvalue weighted by Crippen LogP contribution is 2.62. The van der Waals surface area contributed by atoms with E-state index in [9.17, 15) is 18.7 Å². The van der Waals surface area contributed by atoms with Crippen LogP contribution in [0.25, 0.3) is 0 Å². The normalized spacial score (nSPS) is 15.6. The molecule has 0 saturated carbocycles. The molecule has 0 spiro atoms. The standard InChI is InChI=1S/C35H72N2O12P2/c1-21-44-50(40,45-22-2)26(30(5,6)7)36(32(11,12)13)48-34(17,18)28(38)42-25-43-29(39)35(19,20)49-37(33(14,15)16)27(31(8,9)10)51(41,46-23-3)47-24-4/h26-27H,21-25H2,1-20H3. The van der Waals surface area contributed by atoms with Crippen LogP contribution in [0.1, 0.15) is 138 Å². The van der Waals surface area contributed by atoms with Gasteiger partial charge in [0.1, 0.15) is 11.6 Å². The highest BCUT2D eigenvalue weighted by molar-refractivity contribution is 7.55. The summed E-state index contributed by atoms with van der Waals surface area (Å²) in [5, 5.41) is 2.97. The molecule has 0 saturated heterocycles. The summed E-state index contributed by atoms with van der Waals surface area (Å²) < 4.78 is 62.2. The quantitative estimate of drug-likeness (QED) is 0.0501. The van der Waals surface area contributed by atoms with Crippen LogP contribution in [0.5, 0.6) is 0 Å². The maximum absolute atomic E-state index is 14.2. The van der Waals surface area contributed by atoms with Crippen LogP contribution in [0.2, 0.25) is 0 Å². The van der Waals surface area contributed by atoms with Crippen LogP contribution in [0.3, 0.4) is 0 Å². The molecule has 0 aromatic heterocycles. The van der Waals surface area contributed by atoms with Crippen LogP contribution < -0.4 is 0 Å². The van der Waals surface area contributed by atoms with Crippen molar-refractivity contribution >= 4 is 27.1 Å². The van der Waals surface area contributed by atoms with Crippen LogP contribution in [0.15, 0.2) is 0 Å².